The molecule has 0 saturated carbocycles. The van der Waals surface area contributed by atoms with Crippen LogP contribution in [0.4, 0.5) is 19.0 Å². The number of likely N-dealkylation sites (tertiary alicyclic amines) is 1. The fourth-order valence-corrected chi connectivity index (χ4v) is 5.43. The average Bonchev–Trinajstić information content (AvgIpc) is 3.66. The lowest BCUT2D eigenvalue weighted by Gasteiger charge is -2.33. The number of alkyl halides is 3. The Morgan fingerprint density at radius 2 is 2.00 bits per heavy atom. The van der Waals surface area contributed by atoms with E-state index in [4.69, 9.17) is 0 Å². The Bertz CT molecular complexity index is 1690. The van der Waals surface area contributed by atoms with Gasteiger partial charge in [0.1, 0.15) is 30.3 Å². The molecule has 1 aliphatic heterocycles. The van der Waals surface area contributed by atoms with Crippen molar-refractivity contribution in [3.63, 3.8) is 0 Å². The van der Waals surface area contributed by atoms with Gasteiger partial charge in [0.05, 0.1) is 12.7 Å². The van der Waals surface area contributed by atoms with Crippen LogP contribution in [0.1, 0.15) is 41.1 Å². The molecule has 1 aliphatic rings. The van der Waals surface area contributed by atoms with Crippen LogP contribution < -0.4 is 5.32 Å². The highest BCUT2D eigenvalue weighted by molar-refractivity contribution is 5.86. The Hall–Kier alpha value is -4.44. The molecule has 0 atom stereocenters. The molecule has 4 aromatic heterocycles. The minimum atomic E-state index is -4.35. The molecule has 5 heterocycles. The standard InChI is InChI=1S/C27H27F3N10/c1-16-18(2-3-22-21(16)8-20(10-31)40(22)13-17-11-34-35-12-17)14-39-6-4-19(5-7-39)36-25-24-26(33-15-32-25)38-23(37-24)9-27(28,29)30/h2-3,8,11-12,15,19H,4-7,9,13-14H2,1H3,(H,34,35)(H2,32,33,36,37,38). The highest BCUT2D eigenvalue weighted by Gasteiger charge is 2.30. The van der Waals surface area contributed by atoms with Gasteiger partial charge in [-0.1, -0.05) is 6.07 Å². The number of piperidine rings is 1. The molecule has 1 aromatic carbocycles. The molecule has 1 fully saturated rings. The SMILES string of the molecule is Cc1c(CN2CCC(Nc3ncnc4[nH]c(CC(F)(F)F)nc34)CC2)ccc2c1cc(C#N)n2Cc1cn[nH]c1. The number of halogens is 3. The van der Waals surface area contributed by atoms with E-state index in [1.807, 2.05) is 16.8 Å². The minimum Gasteiger partial charge on any atom is -0.365 e. The monoisotopic (exact) mass is 548 g/mol. The predicted octanol–water partition coefficient (Wildman–Crippen LogP) is 4.44. The van der Waals surface area contributed by atoms with Crippen LogP contribution in [0.5, 0.6) is 0 Å². The van der Waals surface area contributed by atoms with Gasteiger partial charge in [-0.25, -0.2) is 15.0 Å². The van der Waals surface area contributed by atoms with E-state index in [9.17, 15) is 18.4 Å². The first-order chi connectivity index (χ1) is 19.3. The van der Waals surface area contributed by atoms with Crippen molar-refractivity contribution in [2.24, 2.45) is 0 Å². The van der Waals surface area contributed by atoms with Crippen LogP contribution in [0, 0.1) is 18.3 Å². The van der Waals surface area contributed by atoms with Crippen LogP contribution >= 0.6 is 0 Å². The normalized spacial score (nSPS) is 15.2. The zero-order valence-electron chi connectivity index (χ0n) is 21.8. The van der Waals surface area contributed by atoms with Crippen molar-refractivity contribution in [3.05, 3.63) is 65.1 Å². The quantitative estimate of drug-likeness (QED) is 0.274. The number of nitriles is 1. The first kappa shape index (κ1) is 25.8. The van der Waals surface area contributed by atoms with Crippen molar-refractivity contribution in [2.45, 2.75) is 51.5 Å². The molecule has 0 radical (unpaired) electrons. The van der Waals surface area contributed by atoms with Gasteiger partial charge < -0.3 is 14.9 Å². The molecule has 0 aliphatic carbocycles. The summed E-state index contributed by atoms with van der Waals surface area (Å²) in [5.41, 5.74) is 5.64. The van der Waals surface area contributed by atoms with Gasteiger partial charge in [0.2, 0.25) is 0 Å². The van der Waals surface area contributed by atoms with Crippen molar-refractivity contribution >= 4 is 27.9 Å². The van der Waals surface area contributed by atoms with Gasteiger partial charge >= 0.3 is 6.18 Å². The molecular weight excluding hydrogens is 521 g/mol. The van der Waals surface area contributed by atoms with Gasteiger partial charge in [0.25, 0.3) is 0 Å². The van der Waals surface area contributed by atoms with Gasteiger partial charge in [-0.3, -0.25) is 10.00 Å². The number of fused-ring (bicyclic) bond motifs is 2. The molecule has 5 aromatic rings. The van der Waals surface area contributed by atoms with Gasteiger partial charge in [-0.05, 0) is 43.0 Å². The number of nitrogens with zero attached hydrogens (tertiary/aromatic N) is 7. The summed E-state index contributed by atoms with van der Waals surface area (Å²) in [6.45, 7) is 5.18. The number of aryl methyl sites for hydroxylation is 1. The summed E-state index contributed by atoms with van der Waals surface area (Å²) >= 11 is 0. The average molecular weight is 549 g/mol. The highest BCUT2D eigenvalue weighted by atomic mass is 19.4. The molecule has 3 N–H and O–H groups in total. The fourth-order valence-electron chi connectivity index (χ4n) is 5.43. The number of imidazole rings is 1. The number of H-pyrrole nitrogens is 2. The highest BCUT2D eigenvalue weighted by Crippen LogP contribution is 2.29. The second kappa shape index (κ2) is 10.3. The summed E-state index contributed by atoms with van der Waals surface area (Å²) in [6.07, 6.45) is 1.14. The smallest absolute Gasteiger partial charge is 0.365 e. The van der Waals surface area contributed by atoms with Gasteiger partial charge in [0, 0.05) is 48.3 Å². The van der Waals surface area contributed by atoms with Crippen molar-refractivity contribution in [3.8, 4) is 6.07 Å². The molecule has 0 spiro atoms. The Morgan fingerprint density at radius 3 is 2.73 bits per heavy atom. The lowest BCUT2D eigenvalue weighted by atomic mass is 10.0. The van der Waals surface area contributed by atoms with Crippen molar-refractivity contribution in [1.82, 2.24) is 39.6 Å². The number of anilines is 1. The zero-order valence-corrected chi connectivity index (χ0v) is 21.8. The first-order valence-corrected chi connectivity index (χ1v) is 13.0. The van der Waals surface area contributed by atoms with E-state index in [0.717, 1.165) is 54.5 Å². The van der Waals surface area contributed by atoms with Crippen molar-refractivity contribution < 1.29 is 13.2 Å². The molecule has 0 bridgehead atoms. The molecule has 0 amide bonds. The van der Waals surface area contributed by atoms with Crippen LogP contribution in [0.2, 0.25) is 0 Å². The Balaban J connectivity index is 1.12. The molecule has 6 rings (SSSR count). The van der Waals surface area contributed by atoms with E-state index in [1.165, 1.54) is 11.9 Å². The lowest BCUT2D eigenvalue weighted by Crippen LogP contribution is -2.39. The minimum absolute atomic E-state index is 0.121. The van der Waals surface area contributed by atoms with Crippen molar-refractivity contribution in [1.29, 1.82) is 5.26 Å². The number of aromatic amines is 2. The third-order valence-electron chi connectivity index (χ3n) is 7.50. The van der Waals surface area contributed by atoms with Gasteiger partial charge in [-0.2, -0.15) is 23.5 Å². The second-order valence-corrected chi connectivity index (χ2v) is 10.2. The summed E-state index contributed by atoms with van der Waals surface area (Å²) in [7, 11) is 0. The molecular formula is C27H27F3N10. The molecule has 40 heavy (non-hydrogen) atoms. The van der Waals surface area contributed by atoms with Crippen LogP contribution in [0.15, 0.2) is 36.9 Å². The van der Waals surface area contributed by atoms with E-state index >= 15 is 0 Å². The van der Waals surface area contributed by atoms with E-state index in [-0.39, 0.29) is 11.9 Å². The molecule has 206 valence electrons. The topological polar surface area (TPSA) is 127 Å². The summed E-state index contributed by atoms with van der Waals surface area (Å²) < 4.78 is 40.4. The summed E-state index contributed by atoms with van der Waals surface area (Å²) in [4.78, 5) is 17.4. The van der Waals surface area contributed by atoms with Crippen molar-refractivity contribution in [2.75, 3.05) is 18.4 Å². The Morgan fingerprint density at radius 1 is 1.18 bits per heavy atom. The van der Waals surface area contributed by atoms with E-state index in [2.05, 4.69) is 65.5 Å². The van der Waals surface area contributed by atoms with E-state index < -0.39 is 12.6 Å². The van der Waals surface area contributed by atoms with Crippen LogP contribution in [0.25, 0.3) is 22.1 Å². The maximum atomic E-state index is 12.8. The summed E-state index contributed by atoms with van der Waals surface area (Å²) in [5.74, 6) is 0.273. The third-order valence-corrected chi connectivity index (χ3v) is 7.50. The van der Waals surface area contributed by atoms with E-state index in [1.54, 1.807) is 6.20 Å². The molecule has 10 nitrogen and oxygen atoms in total. The van der Waals surface area contributed by atoms with Crippen LogP contribution in [-0.2, 0) is 19.5 Å². The van der Waals surface area contributed by atoms with Gasteiger partial charge in [-0.15, -0.1) is 0 Å². The number of hydrogen-bond acceptors (Lipinski definition) is 7. The Labute approximate surface area is 227 Å². The Kier molecular flexibility index (Phi) is 6.63. The van der Waals surface area contributed by atoms with Crippen LogP contribution in [-0.4, -0.2) is 64.9 Å². The van der Waals surface area contributed by atoms with Crippen LogP contribution in [0.3, 0.4) is 0 Å². The molecule has 1 saturated heterocycles. The molecule has 13 heteroatoms. The zero-order chi connectivity index (χ0) is 27.9. The maximum absolute atomic E-state index is 12.8. The van der Waals surface area contributed by atoms with Gasteiger partial charge in [0.15, 0.2) is 17.0 Å². The maximum Gasteiger partial charge on any atom is 0.396 e. The second-order valence-electron chi connectivity index (χ2n) is 10.2. The number of aromatic nitrogens is 7. The largest absolute Gasteiger partial charge is 0.396 e. The number of rotatable bonds is 7. The summed E-state index contributed by atoms with van der Waals surface area (Å²) in [5, 5.41) is 21.0. The number of nitrogens with one attached hydrogen (secondary N) is 3. The lowest BCUT2D eigenvalue weighted by molar-refractivity contribution is -0.128. The predicted molar refractivity (Wildman–Crippen MR) is 142 cm³/mol. The first-order valence-electron chi connectivity index (χ1n) is 13.0. The number of hydrogen-bond donors (Lipinski definition) is 3. The third kappa shape index (κ3) is 5.22. The molecule has 0 unspecified atom stereocenters. The fraction of sp³-hybridized carbons (Fsp3) is 0.370. The summed E-state index contributed by atoms with van der Waals surface area (Å²) in [6, 6.07) is 8.63. The van der Waals surface area contributed by atoms with E-state index in [0.29, 0.717) is 29.2 Å². The number of benzene rings is 1.